The Bertz CT molecular complexity index is 114. The van der Waals surface area contributed by atoms with E-state index in [4.69, 9.17) is 0 Å². The Morgan fingerprint density at radius 1 is 1.36 bits per heavy atom. The van der Waals surface area contributed by atoms with E-state index in [1.165, 1.54) is 12.8 Å². The summed E-state index contributed by atoms with van der Waals surface area (Å²) < 4.78 is 0. The molecule has 1 aliphatic rings. The number of nitrogens with zero attached hydrogens (tertiary/aromatic N) is 1. The first-order chi connectivity index (χ1) is 5.20. The van der Waals surface area contributed by atoms with Crippen LogP contribution < -0.4 is 0 Å². The van der Waals surface area contributed by atoms with Gasteiger partial charge in [0.2, 0.25) is 0 Å². The molecule has 0 amide bonds. The van der Waals surface area contributed by atoms with Gasteiger partial charge in [-0.2, -0.15) is 0 Å². The van der Waals surface area contributed by atoms with E-state index >= 15 is 0 Å². The van der Waals surface area contributed by atoms with Crippen molar-refractivity contribution in [3.63, 3.8) is 0 Å². The van der Waals surface area contributed by atoms with Crippen molar-refractivity contribution in [3.05, 3.63) is 0 Å². The smallest absolute Gasteiger partial charge is 0.0568 e. The second-order valence-corrected chi connectivity index (χ2v) is 3.85. The molecule has 0 saturated heterocycles. The highest BCUT2D eigenvalue weighted by atomic mass is 16.3. The molecule has 2 heteroatoms. The van der Waals surface area contributed by atoms with Crippen LogP contribution in [-0.2, 0) is 0 Å². The Morgan fingerprint density at radius 3 is 2.55 bits per heavy atom. The summed E-state index contributed by atoms with van der Waals surface area (Å²) in [6.07, 6.45) is 4.63. The van der Waals surface area contributed by atoms with E-state index in [1.54, 1.807) is 0 Å². The van der Waals surface area contributed by atoms with Gasteiger partial charge in [0, 0.05) is 0 Å². The molecular weight excluding hydrogens is 138 g/mol. The van der Waals surface area contributed by atoms with Gasteiger partial charge in [0.15, 0.2) is 0 Å². The lowest BCUT2D eigenvalue weighted by atomic mass is 10.0. The standard InChI is InChI=1S/C9H19NO/c1-10(2)7-6-8-4-3-5-9(8)11/h8-9,11H,3-7H2,1-2H3/t8-,9+/m0/s1. The number of rotatable bonds is 3. The highest BCUT2D eigenvalue weighted by molar-refractivity contribution is 4.76. The number of hydrogen-bond acceptors (Lipinski definition) is 2. The van der Waals surface area contributed by atoms with Crippen molar-refractivity contribution in [3.8, 4) is 0 Å². The normalized spacial score (nSPS) is 31.6. The van der Waals surface area contributed by atoms with Crippen molar-refractivity contribution >= 4 is 0 Å². The molecule has 1 saturated carbocycles. The van der Waals surface area contributed by atoms with Crippen LogP contribution in [0, 0.1) is 5.92 Å². The third-order valence-electron chi connectivity index (χ3n) is 2.57. The van der Waals surface area contributed by atoms with E-state index in [1.807, 2.05) is 0 Å². The summed E-state index contributed by atoms with van der Waals surface area (Å²) in [5.41, 5.74) is 0. The molecule has 0 aromatic heterocycles. The van der Waals surface area contributed by atoms with E-state index in [2.05, 4.69) is 19.0 Å². The Labute approximate surface area is 69.2 Å². The average molecular weight is 157 g/mol. The number of hydrogen-bond donors (Lipinski definition) is 1. The second kappa shape index (κ2) is 4.07. The van der Waals surface area contributed by atoms with Gasteiger partial charge in [-0.25, -0.2) is 0 Å². The Morgan fingerprint density at radius 2 is 2.09 bits per heavy atom. The van der Waals surface area contributed by atoms with Crippen molar-refractivity contribution in [2.24, 2.45) is 5.92 Å². The van der Waals surface area contributed by atoms with Gasteiger partial charge >= 0.3 is 0 Å². The minimum atomic E-state index is -0.00468. The number of aliphatic hydroxyl groups is 1. The first-order valence-corrected chi connectivity index (χ1v) is 4.53. The van der Waals surface area contributed by atoms with Gasteiger partial charge < -0.3 is 10.0 Å². The summed E-state index contributed by atoms with van der Waals surface area (Å²) in [6.45, 7) is 1.11. The molecule has 0 spiro atoms. The molecule has 0 radical (unpaired) electrons. The molecule has 0 aliphatic heterocycles. The monoisotopic (exact) mass is 157 g/mol. The summed E-state index contributed by atoms with van der Waals surface area (Å²) in [7, 11) is 4.17. The van der Waals surface area contributed by atoms with Crippen LogP contribution >= 0.6 is 0 Å². The average Bonchev–Trinajstić information content (AvgIpc) is 2.31. The summed E-state index contributed by atoms with van der Waals surface area (Å²) in [6, 6.07) is 0. The zero-order valence-electron chi connectivity index (χ0n) is 7.58. The Kier molecular flexibility index (Phi) is 3.34. The predicted molar refractivity (Wildman–Crippen MR) is 46.5 cm³/mol. The molecule has 11 heavy (non-hydrogen) atoms. The molecular formula is C9H19NO. The maximum atomic E-state index is 9.48. The van der Waals surface area contributed by atoms with Crippen LogP contribution in [0.1, 0.15) is 25.7 Å². The molecule has 2 atom stereocenters. The van der Waals surface area contributed by atoms with Crippen LogP contribution in [0.4, 0.5) is 0 Å². The summed E-state index contributed by atoms with van der Waals surface area (Å²) in [4.78, 5) is 2.19. The van der Waals surface area contributed by atoms with Crippen molar-refractivity contribution in [1.82, 2.24) is 4.90 Å². The fourth-order valence-electron chi connectivity index (χ4n) is 1.78. The van der Waals surface area contributed by atoms with E-state index in [-0.39, 0.29) is 6.10 Å². The SMILES string of the molecule is CN(C)CC[C@@H]1CCC[C@H]1O. The molecule has 0 unspecified atom stereocenters. The summed E-state index contributed by atoms with van der Waals surface area (Å²) in [5, 5.41) is 9.48. The Hall–Kier alpha value is -0.0800. The minimum absolute atomic E-state index is 0.00468. The largest absolute Gasteiger partial charge is 0.393 e. The zero-order valence-corrected chi connectivity index (χ0v) is 7.58. The predicted octanol–water partition coefficient (Wildman–Crippen LogP) is 1.10. The third kappa shape index (κ3) is 2.80. The van der Waals surface area contributed by atoms with Gasteiger partial charge in [-0.15, -0.1) is 0 Å². The molecule has 1 fully saturated rings. The van der Waals surface area contributed by atoms with E-state index < -0.39 is 0 Å². The molecule has 2 nitrogen and oxygen atoms in total. The molecule has 0 aromatic carbocycles. The molecule has 0 heterocycles. The maximum absolute atomic E-state index is 9.48. The fourth-order valence-corrected chi connectivity index (χ4v) is 1.78. The van der Waals surface area contributed by atoms with Crippen molar-refractivity contribution in [1.29, 1.82) is 0 Å². The van der Waals surface area contributed by atoms with Crippen LogP contribution in [0.5, 0.6) is 0 Å². The van der Waals surface area contributed by atoms with Crippen molar-refractivity contribution in [2.75, 3.05) is 20.6 Å². The van der Waals surface area contributed by atoms with Crippen LogP contribution in [0.3, 0.4) is 0 Å². The lowest BCUT2D eigenvalue weighted by Crippen LogP contribution is -2.20. The van der Waals surface area contributed by atoms with Crippen LogP contribution in [0.25, 0.3) is 0 Å². The summed E-state index contributed by atoms with van der Waals surface area (Å²) in [5.74, 6) is 0.581. The van der Waals surface area contributed by atoms with Gasteiger partial charge in [0.1, 0.15) is 0 Å². The molecule has 1 rings (SSSR count). The van der Waals surface area contributed by atoms with E-state index in [0.717, 1.165) is 19.4 Å². The lowest BCUT2D eigenvalue weighted by Gasteiger charge is -2.16. The zero-order chi connectivity index (χ0) is 8.27. The second-order valence-electron chi connectivity index (χ2n) is 3.85. The van der Waals surface area contributed by atoms with Crippen LogP contribution in [0.2, 0.25) is 0 Å². The highest BCUT2D eigenvalue weighted by Gasteiger charge is 2.24. The first-order valence-electron chi connectivity index (χ1n) is 4.53. The van der Waals surface area contributed by atoms with Gasteiger partial charge in [-0.05, 0) is 45.8 Å². The molecule has 1 N–H and O–H groups in total. The van der Waals surface area contributed by atoms with E-state index in [9.17, 15) is 5.11 Å². The third-order valence-corrected chi connectivity index (χ3v) is 2.57. The van der Waals surface area contributed by atoms with Crippen LogP contribution in [-0.4, -0.2) is 36.8 Å². The lowest BCUT2D eigenvalue weighted by molar-refractivity contribution is 0.123. The van der Waals surface area contributed by atoms with E-state index in [0.29, 0.717) is 5.92 Å². The Balaban J connectivity index is 2.15. The quantitative estimate of drug-likeness (QED) is 0.663. The highest BCUT2D eigenvalue weighted by Crippen LogP contribution is 2.27. The van der Waals surface area contributed by atoms with Gasteiger partial charge in [-0.3, -0.25) is 0 Å². The molecule has 66 valence electrons. The van der Waals surface area contributed by atoms with Gasteiger partial charge in [-0.1, -0.05) is 6.42 Å². The molecule has 1 aliphatic carbocycles. The maximum Gasteiger partial charge on any atom is 0.0568 e. The van der Waals surface area contributed by atoms with Gasteiger partial charge in [0.25, 0.3) is 0 Å². The topological polar surface area (TPSA) is 23.5 Å². The molecule has 0 bridgehead atoms. The fraction of sp³-hybridized carbons (Fsp3) is 1.00. The minimum Gasteiger partial charge on any atom is -0.393 e. The number of aliphatic hydroxyl groups excluding tert-OH is 1. The van der Waals surface area contributed by atoms with Crippen molar-refractivity contribution in [2.45, 2.75) is 31.8 Å². The molecule has 0 aromatic rings. The van der Waals surface area contributed by atoms with Gasteiger partial charge in [0.05, 0.1) is 6.10 Å². The van der Waals surface area contributed by atoms with Crippen LogP contribution in [0.15, 0.2) is 0 Å². The van der Waals surface area contributed by atoms with Crippen molar-refractivity contribution < 1.29 is 5.11 Å². The first kappa shape index (κ1) is 9.01. The summed E-state index contributed by atoms with van der Waals surface area (Å²) >= 11 is 0.